The molecule has 1 aliphatic rings. The van der Waals surface area contributed by atoms with Gasteiger partial charge in [-0.05, 0) is 35.4 Å². The summed E-state index contributed by atoms with van der Waals surface area (Å²) in [7, 11) is 0. The van der Waals surface area contributed by atoms with Crippen LogP contribution in [0.1, 0.15) is 33.4 Å². The van der Waals surface area contributed by atoms with E-state index in [0.29, 0.717) is 37.0 Å². The van der Waals surface area contributed by atoms with Gasteiger partial charge in [0, 0.05) is 38.1 Å². The van der Waals surface area contributed by atoms with Gasteiger partial charge in [-0.3, -0.25) is 19.8 Å². The molecule has 0 bridgehead atoms. The van der Waals surface area contributed by atoms with E-state index in [0.717, 1.165) is 11.1 Å². The highest BCUT2D eigenvalue weighted by Gasteiger charge is 2.35. The van der Waals surface area contributed by atoms with Gasteiger partial charge in [0.2, 0.25) is 11.5 Å². The molecule has 1 aromatic heterocycles. The van der Waals surface area contributed by atoms with Crippen LogP contribution in [0.4, 0.5) is 5.69 Å². The van der Waals surface area contributed by atoms with Crippen LogP contribution in [0.5, 0.6) is 5.75 Å². The Bertz CT molecular complexity index is 1240. The summed E-state index contributed by atoms with van der Waals surface area (Å²) in [5, 5.41) is 15.6. The molecular formula is C25H23ClN4O5. The lowest BCUT2D eigenvalue weighted by Crippen LogP contribution is -2.50. The van der Waals surface area contributed by atoms with Crippen LogP contribution in [-0.4, -0.2) is 58.6 Å². The summed E-state index contributed by atoms with van der Waals surface area (Å²) in [5.41, 5.74) is 1.44. The van der Waals surface area contributed by atoms with Gasteiger partial charge in [-0.2, -0.15) is 0 Å². The number of terminal acetylenes is 1. The van der Waals surface area contributed by atoms with Gasteiger partial charge >= 0.3 is 5.69 Å². The van der Waals surface area contributed by atoms with Crippen LogP contribution >= 0.6 is 11.6 Å². The molecule has 1 amide bonds. The van der Waals surface area contributed by atoms with Crippen LogP contribution in [-0.2, 0) is 0 Å². The Morgan fingerprint density at radius 1 is 1.17 bits per heavy atom. The maximum Gasteiger partial charge on any atom is 0.344 e. The van der Waals surface area contributed by atoms with Crippen molar-refractivity contribution in [2.24, 2.45) is 0 Å². The van der Waals surface area contributed by atoms with Crippen LogP contribution in [0.15, 0.2) is 53.1 Å². The summed E-state index contributed by atoms with van der Waals surface area (Å²) in [5.74, 6) is 2.63. The number of carbonyl (C=O) groups is 1. The molecule has 0 spiro atoms. The van der Waals surface area contributed by atoms with Gasteiger partial charge in [0.1, 0.15) is 12.4 Å². The van der Waals surface area contributed by atoms with Crippen LogP contribution in [0.3, 0.4) is 0 Å². The number of nitro groups is 1. The highest BCUT2D eigenvalue weighted by molar-refractivity contribution is 6.30. The summed E-state index contributed by atoms with van der Waals surface area (Å²) < 4.78 is 10.4. The first-order valence-corrected chi connectivity index (χ1v) is 11.3. The van der Waals surface area contributed by atoms with E-state index < -0.39 is 10.8 Å². The molecule has 180 valence electrons. The average molecular weight is 495 g/mol. The maximum atomic E-state index is 13.0. The highest BCUT2D eigenvalue weighted by Crippen LogP contribution is 2.32. The smallest absolute Gasteiger partial charge is 0.344 e. The topological polar surface area (TPSA) is 102 Å². The lowest BCUT2D eigenvalue weighted by molar-refractivity contribution is -0.386. The summed E-state index contributed by atoms with van der Waals surface area (Å²) in [4.78, 5) is 27.5. The third-order valence-corrected chi connectivity index (χ3v) is 6.14. The minimum atomic E-state index is -0.636. The molecule has 1 saturated heterocycles. The fraction of sp³-hybridized carbons (Fsp3) is 0.280. The average Bonchev–Trinajstić information content (AvgIpc) is 3.26. The van der Waals surface area contributed by atoms with E-state index in [-0.39, 0.29) is 29.8 Å². The number of aromatic nitrogens is 1. The fourth-order valence-electron chi connectivity index (χ4n) is 4.19. The standard InChI is InChI=1S/C25H23ClN4O5/c1-3-16-34-21-10-6-19(7-11-21)24(18-4-8-20(26)9-5-18)28-12-14-29(15-13-28)25(31)22-23(30(32)33)17(2)35-27-22/h1,4-11,24H,12-16H2,2H3. The zero-order chi connectivity index (χ0) is 24.9. The minimum Gasteiger partial charge on any atom is -0.481 e. The molecule has 1 aliphatic heterocycles. The summed E-state index contributed by atoms with van der Waals surface area (Å²) in [6.07, 6.45) is 5.27. The van der Waals surface area contributed by atoms with Crippen molar-refractivity contribution in [1.29, 1.82) is 0 Å². The second-order valence-electron chi connectivity index (χ2n) is 8.04. The van der Waals surface area contributed by atoms with Crippen LogP contribution < -0.4 is 4.74 Å². The molecule has 9 nitrogen and oxygen atoms in total. The normalized spacial score (nSPS) is 14.8. The number of piperazine rings is 1. The van der Waals surface area contributed by atoms with E-state index in [1.54, 1.807) is 4.90 Å². The molecule has 1 atom stereocenters. The fourth-order valence-corrected chi connectivity index (χ4v) is 4.31. The highest BCUT2D eigenvalue weighted by atomic mass is 35.5. The molecule has 1 fully saturated rings. The van der Waals surface area contributed by atoms with E-state index in [4.69, 9.17) is 27.3 Å². The lowest BCUT2D eigenvalue weighted by Gasteiger charge is -2.39. The van der Waals surface area contributed by atoms with Gasteiger partial charge in [0.15, 0.2) is 0 Å². The van der Waals surface area contributed by atoms with E-state index >= 15 is 0 Å². The molecule has 2 heterocycles. The quantitative estimate of drug-likeness (QED) is 0.277. The molecule has 0 radical (unpaired) electrons. The lowest BCUT2D eigenvalue weighted by atomic mass is 9.96. The molecule has 10 heteroatoms. The number of rotatable bonds is 7. The van der Waals surface area contributed by atoms with Gasteiger partial charge in [-0.15, -0.1) is 6.42 Å². The molecule has 3 aromatic rings. The van der Waals surface area contributed by atoms with Crippen molar-refractivity contribution < 1.29 is 19.0 Å². The Labute approximate surface area is 207 Å². The van der Waals surface area contributed by atoms with Crippen molar-refractivity contribution >= 4 is 23.2 Å². The Balaban J connectivity index is 1.54. The molecule has 0 N–H and O–H groups in total. The van der Waals surface area contributed by atoms with Gasteiger partial charge in [0.05, 0.1) is 11.0 Å². The molecule has 0 saturated carbocycles. The Kier molecular flexibility index (Phi) is 7.34. The van der Waals surface area contributed by atoms with E-state index in [1.807, 2.05) is 48.5 Å². The third-order valence-electron chi connectivity index (χ3n) is 5.89. The second-order valence-corrected chi connectivity index (χ2v) is 8.47. The number of hydrogen-bond acceptors (Lipinski definition) is 7. The van der Waals surface area contributed by atoms with Gasteiger partial charge in [-0.25, -0.2) is 0 Å². The first-order chi connectivity index (χ1) is 16.9. The molecule has 1 unspecified atom stereocenters. The SMILES string of the molecule is C#CCOc1ccc(C(c2ccc(Cl)cc2)N2CCN(C(=O)c3noc(C)c3[N+](=O)[O-])CC2)cc1. The predicted molar refractivity (Wildman–Crippen MR) is 129 cm³/mol. The molecule has 4 rings (SSSR count). The van der Waals surface area contributed by atoms with Crippen molar-refractivity contribution in [2.45, 2.75) is 13.0 Å². The number of ether oxygens (including phenoxy) is 1. The van der Waals surface area contributed by atoms with Crippen LogP contribution in [0.25, 0.3) is 0 Å². The van der Waals surface area contributed by atoms with E-state index in [1.165, 1.54) is 6.92 Å². The molecular weight excluding hydrogens is 472 g/mol. The molecule has 2 aromatic carbocycles. The van der Waals surface area contributed by atoms with Crippen LogP contribution in [0, 0.1) is 29.4 Å². The van der Waals surface area contributed by atoms with Gasteiger partial charge < -0.3 is 14.2 Å². The van der Waals surface area contributed by atoms with E-state index in [9.17, 15) is 14.9 Å². The van der Waals surface area contributed by atoms with E-state index in [2.05, 4.69) is 16.0 Å². The zero-order valence-corrected chi connectivity index (χ0v) is 19.8. The first kappa shape index (κ1) is 24.3. The number of hydrogen-bond donors (Lipinski definition) is 0. The van der Waals surface area contributed by atoms with Gasteiger partial charge in [-0.1, -0.05) is 46.9 Å². The summed E-state index contributed by atoms with van der Waals surface area (Å²) >= 11 is 6.11. The molecule has 35 heavy (non-hydrogen) atoms. The zero-order valence-electron chi connectivity index (χ0n) is 19.0. The largest absolute Gasteiger partial charge is 0.481 e. The summed E-state index contributed by atoms with van der Waals surface area (Å²) in [6.45, 7) is 3.49. The maximum absolute atomic E-state index is 13.0. The predicted octanol–water partition coefficient (Wildman–Crippen LogP) is 4.10. The number of carbonyl (C=O) groups excluding carboxylic acids is 1. The van der Waals surface area contributed by atoms with Gasteiger partial charge in [0.25, 0.3) is 5.91 Å². The molecule has 0 aliphatic carbocycles. The van der Waals surface area contributed by atoms with Crippen molar-refractivity contribution in [2.75, 3.05) is 32.8 Å². The second kappa shape index (κ2) is 10.6. The number of aryl methyl sites for hydroxylation is 1. The Morgan fingerprint density at radius 2 is 1.77 bits per heavy atom. The Morgan fingerprint density at radius 3 is 2.34 bits per heavy atom. The monoisotopic (exact) mass is 494 g/mol. The van der Waals surface area contributed by atoms with Crippen molar-refractivity contribution in [3.8, 4) is 18.1 Å². The first-order valence-electron chi connectivity index (χ1n) is 10.9. The third kappa shape index (κ3) is 5.29. The van der Waals surface area contributed by atoms with Crippen molar-refractivity contribution in [3.63, 3.8) is 0 Å². The van der Waals surface area contributed by atoms with Crippen molar-refractivity contribution in [3.05, 3.63) is 86.2 Å². The van der Waals surface area contributed by atoms with Crippen LogP contribution in [0.2, 0.25) is 5.02 Å². The number of benzene rings is 2. The number of nitrogens with zero attached hydrogens (tertiary/aromatic N) is 4. The van der Waals surface area contributed by atoms with Crippen molar-refractivity contribution in [1.82, 2.24) is 15.0 Å². The summed E-state index contributed by atoms with van der Waals surface area (Å²) in [6, 6.07) is 15.3. The minimum absolute atomic E-state index is 0.00876. The number of amides is 1. The Hall–Kier alpha value is -3.87. The number of halogens is 1.